The van der Waals surface area contributed by atoms with Crippen LogP contribution in [0.2, 0.25) is 0 Å². The van der Waals surface area contributed by atoms with Crippen LogP contribution < -0.4 is 10.6 Å². The summed E-state index contributed by atoms with van der Waals surface area (Å²) in [6.45, 7) is 4.63. The molecule has 24 heavy (non-hydrogen) atoms. The lowest BCUT2D eigenvalue weighted by molar-refractivity contribution is -0.120. The first kappa shape index (κ1) is 20.4. The smallest absolute Gasteiger partial charge is 0.228 e. The number of amides is 1. The fourth-order valence-corrected chi connectivity index (χ4v) is 2.77. The molecule has 0 spiro atoms. The number of aryl methyl sites for hydroxylation is 1. The first-order chi connectivity index (χ1) is 10.8. The summed E-state index contributed by atoms with van der Waals surface area (Å²) in [5, 5.41) is 14.4. The number of hydrogen-bond acceptors (Lipinski definition) is 4. The third-order valence-electron chi connectivity index (χ3n) is 4.01. The van der Waals surface area contributed by atoms with Crippen molar-refractivity contribution >= 4 is 36.4 Å². The first-order valence-corrected chi connectivity index (χ1v) is 7.77. The number of nitrogens with one attached hydrogen (secondary N) is 2. The van der Waals surface area contributed by atoms with Gasteiger partial charge in [-0.3, -0.25) is 4.79 Å². The Morgan fingerprint density at radius 3 is 2.96 bits per heavy atom. The second-order valence-corrected chi connectivity index (χ2v) is 5.55. The summed E-state index contributed by atoms with van der Waals surface area (Å²) in [5.41, 5.74) is 1.76. The zero-order chi connectivity index (χ0) is 15.4. The van der Waals surface area contributed by atoms with Crippen LogP contribution in [0.3, 0.4) is 0 Å². The monoisotopic (exact) mass is 371 g/mol. The van der Waals surface area contributed by atoms with Crippen molar-refractivity contribution in [2.75, 3.05) is 18.4 Å². The molecule has 2 N–H and O–H groups in total. The van der Waals surface area contributed by atoms with Crippen molar-refractivity contribution in [3.63, 3.8) is 0 Å². The lowest BCUT2D eigenvalue weighted by atomic mass is 9.98. The van der Waals surface area contributed by atoms with Crippen LogP contribution in [-0.2, 0) is 11.3 Å². The van der Waals surface area contributed by atoms with Gasteiger partial charge in [-0.05, 0) is 38.4 Å². The van der Waals surface area contributed by atoms with Crippen LogP contribution in [0.25, 0.3) is 11.4 Å². The fourth-order valence-electron chi connectivity index (χ4n) is 2.77. The standard InChI is InChI=1S/C16H21N5O.2ClH/c1-2-21-11-18-20-15(21)12-5-3-7-14(9-12)19-16(22)13-6-4-8-17-10-13;;/h3,5,7,9,11,13,17H,2,4,6,8,10H2,1H3,(H,19,22);2*1H. The summed E-state index contributed by atoms with van der Waals surface area (Å²) in [7, 11) is 0. The van der Waals surface area contributed by atoms with Crippen LogP contribution in [0.1, 0.15) is 19.8 Å². The van der Waals surface area contributed by atoms with Gasteiger partial charge in [-0.25, -0.2) is 0 Å². The third kappa shape index (κ3) is 4.69. The fraction of sp³-hybridized carbons (Fsp3) is 0.438. The van der Waals surface area contributed by atoms with Gasteiger partial charge in [-0.1, -0.05) is 12.1 Å². The summed E-state index contributed by atoms with van der Waals surface area (Å²) in [4.78, 5) is 12.3. The number of benzene rings is 1. The van der Waals surface area contributed by atoms with E-state index in [0.717, 1.165) is 49.6 Å². The number of carbonyl (C=O) groups is 1. The van der Waals surface area contributed by atoms with Gasteiger partial charge in [-0.2, -0.15) is 0 Å². The highest BCUT2D eigenvalue weighted by atomic mass is 35.5. The molecule has 1 amide bonds. The lowest BCUT2D eigenvalue weighted by Crippen LogP contribution is -2.37. The van der Waals surface area contributed by atoms with Crippen molar-refractivity contribution in [3.8, 4) is 11.4 Å². The van der Waals surface area contributed by atoms with Gasteiger partial charge in [0.2, 0.25) is 5.91 Å². The number of rotatable bonds is 4. The van der Waals surface area contributed by atoms with Crippen LogP contribution in [0.15, 0.2) is 30.6 Å². The Morgan fingerprint density at radius 1 is 1.42 bits per heavy atom. The van der Waals surface area contributed by atoms with Gasteiger partial charge in [0.25, 0.3) is 0 Å². The molecular weight excluding hydrogens is 349 g/mol. The van der Waals surface area contributed by atoms with Gasteiger partial charge in [0.15, 0.2) is 5.82 Å². The zero-order valence-corrected chi connectivity index (χ0v) is 15.2. The maximum Gasteiger partial charge on any atom is 0.228 e. The molecule has 1 atom stereocenters. The predicted octanol–water partition coefficient (Wildman–Crippen LogP) is 2.75. The van der Waals surface area contributed by atoms with E-state index in [1.54, 1.807) is 6.33 Å². The first-order valence-electron chi connectivity index (χ1n) is 7.77. The summed E-state index contributed by atoms with van der Waals surface area (Å²) in [6, 6.07) is 7.77. The van der Waals surface area contributed by atoms with Crippen molar-refractivity contribution in [1.82, 2.24) is 20.1 Å². The number of halogens is 2. The van der Waals surface area contributed by atoms with Crippen LogP contribution in [-0.4, -0.2) is 33.8 Å². The van der Waals surface area contributed by atoms with Crippen LogP contribution in [0, 0.1) is 5.92 Å². The van der Waals surface area contributed by atoms with Gasteiger partial charge >= 0.3 is 0 Å². The van der Waals surface area contributed by atoms with E-state index in [-0.39, 0.29) is 36.6 Å². The third-order valence-corrected chi connectivity index (χ3v) is 4.01. The van der Waals surface area contributed by atoms with Gasteiger partial charge in [0.1, 0.15) is 6.33 Å². The van der Waals surface area contributed by atoms with Crippen molar-refractivity contribution in [1.29, 1.82) is 0 Å². The van der Waals surface area contributed by atoms with Crippen LogP contribution in [0.4, 0.5) is 5.69 Å². The molecule has 1 saturated heterocycles. The molecule has 0 bridgehead atoms. The predicted molar refractivity (Wildman–Crippen MR) is 99.9 cm³/mol. The Bertz CT molecular complexity index is 655. The number of nitrogens with zero attached hydrogens (tertiary/aromatic N) is 3. The molecule has 0 aliphatic carbocycles. The Labute approximate surface area is 154 Å². The highest BCUT2D eigenvalue weighted by molar-refractivity contribution is 5.93. The molecule has 8 heteroatoms. The largest absolute Gasteiger partial charge is 0.326 e. The summed E-state index contributed by atoms with van der Waals surface area (Å²) in [6.07, 6.45) is 3.72. The second kappa shape index (κ2) is 9.61. The van der Waals surface area contributed by atoms with Gasteiger partial charge in [0, 0.05) is 24.3 Å². The summed E-state index contributed by atoms with van der Waals surface area (Å²) < 4.78 is 1.98. The maximum absolute atomic E-state index is 12.3. The van der Waals surface area contributed by atoms with E-state index >= 15 is 0 Å². The van der Waals surface area contributed by atoms with E-state index in [4.69, 9.17) is 0 Å². The molecule has 1 aromatic carbocycles. The molecular formula is C16H23Cl2N5O. The molecule has 1 fully saturated rings. The van der Waals surface area contributed by atoms with E-state index < -0.39 is 0 Å². The molecule has 2 heterocycles. The van der Waals surface area contributed by atoms with Crippen LogP contribution in [0.5, 0.6) is 0 Å². The van der Waals surface area contributed by atoms with Gasteiger partial charge in [0.05, 0.1) is 5.92 Å². The number of aromatic nitrogens is 3. The second-order valence-electron chi connectivity index (χ2n) is 5.55. The van der Waals surface area contributed by atoms with E-state index in [1.807, 2.05) is 28.8 Å². The molecule has 0 saturated carbocycles. The normalized spacial score (nSPS) is 16.6. The minimum Gasteiger partial charge on any atom is -0.326 e. The Balaban J connectivity index is 0.00000144. The van der Waals surface area contributed by atoms with Gasteiger partial charge in [-0.15, -0.1) is 35.0 Å². The molecule has 1 unspecified atom stereocenters. The minimum absolute atomic E-state index is 0. The number of piperidine rings is 1. The molecule has 132 valence electrons. The topological polar surface area (TPSA) is 71.8 Å². The zero-order valence-electron chi connectivity index (χ0n) is 13.6. The van der Waals surface area contributed by atoms with E-state index in [9.17, 15) is 4.79 Å². The van der Waals surface area contributed by atoms with E-state index in [1.165, 1.54) is 0 Å². The van der Waals surface area contributed by atoms with Gasteiger partial charge < -0.3 is 15.2 Å². The minimum atomic E-state index is 0. The Kier molecular flexibility index (Phi) is 8.18. The average molecular weight is 372 g/mol. The highest BCUT2D eigenvalue weighted by Crippen LogP contribution is 2.21. The molecule has 6 nitrogen and oxygen atoms in total. The molecule has 1 aliphatic rings. The SMILES string of the molecule is CCn1cnnc1-c1cccc(NC(=O)C2CCCNC2)c1.Cl.Cl. The van der Waals surface area contributed by atoms with E-state index in [0.29, 0.717) is 0 Å². The molecule has 3 rings (SSSR count). The molecule has 2 aromatic rings. The quantitative estimate of drug-likeness (QED) is 0.866. The van der Waals surface area contributed by atoms with E-state index in [2.05, 4.69) is 27.8 Å². The van der Waals surface area contributed by atoms with Crippen LogP contribution >= 0.6 is 24.8 Å². The molecule has 1 aromatic heterocycles. The highest BCUT2D eigenvalue weighted by Gasteiger charge is 2.21. The maximum atomic E-state index is 12.3. The van der Waals surface area contributed by atoms with Crippen molar-refractivity contribution in [3.05, 3.63) is 30.6 Å². The number of hydrogen-bond donors (Lipinski definition) is 2. The summed E-state index contributed by atoms with van der Waals surface area (Å²) in [5.74, 6) is 0.955. The Morgan fingerprint density at radius 2 is 2.25 bits per heavy atom. The average Bonchev–Trinajstić information content (AvgIpc) is 3.04. The lowest BCUT2D eigenvalue weighted by Gasteiger charge is -2.22. The molecule has 0 radical (unpaired) electrons. The van der Waals surface area contributed by atoms with Crippen molar-refractivity contribution in [2.24, 2.45) is 5.92 Å². The van der Waals surface area contributed by atoms with Crippen molar-refractivity contribution in [2.45, 2.75) is 26.3 Å². The number of anilines is 1. The Hall–Kier alpha value is -1.63. The summed E-state index contributed by atoms with van der Waals surface area (Å²) >= 11 is 0. The molecule has 1 aliphatic heterocycles. The van der Waals surface area contributed by atoms with Crippen molar-refractivity contribution < 1.29 is 4.79 Å². The number of carbonyl (C=O) groups excluding carboxylic acids is 1.